The van der Waals surface area contributed by atoms with E-state index in [0.29, 0.717) is 11.3 Å². The maximum absolute atomic E-state index is 12.9. The summed E-state index contributed by atoms with van der Waals surface area (Å²) < 4.78 is 3.73. The van der Waals surface area contributed by atoms with Crippen molar-refractivity contribution in [3.05, 3.63) is 76.1 Å². The zero-order valence-electron chi connectivity index (χ0n) is 13.9. The molecule has 0 aliphatic carbocycles. The lowest BCUT2D eigenvalue weighted by Crippen LogP contribution is -2.21. The van der Waals surface area contributed by atoms with Gasteiger partial charge in [-0.05, 0) is 43.3 Å². The first kappa shape index (κ1) is 15.2. The van der Waals surface area contributed by atoms with Crippen LogP contribution in [0, 0.1) is 6.92 Å². The van der Waals surface area contributed by atoms with Crippen LogP contribution in [0.25, 0.3) is 27.6 Å². The predicted octanol–water partition coefficient (Wildman–Crippen LogP) is 3.49. The van der Waals surface area contributed by atoms with Gasteiger partial charge in [-0.15, -0.1) is 0 Å². The monoisotopic (exact) mass is 332 g/mol. The molecule has 0 aliphatic rings. The van der Waals surface area contributed by atoms with Crippen LogP contribution in [0.1, 0.15) is 15.9 Å². The van der Waals surface area contributed by atoms with Gasteiger partial charge in [-0.2, -0.15) is 0 Å². The lowest BCUT2D eigenvalue weighted by molar-refractivity contribution is 0.0697. The fourth-order valence-corrected chi connectivity index (χ4v) is 3.34. The van der Waals surface area contributed by atoms with E-state index in [1.165, 1.54) is 12.1 Å². The highest BCUT2D eigenvalue weighted by Gasteiger charge is 2.16. The van der Waals surface area contributed by atoms with Gasteiger partial charge in [-0.1, -0.05) is 18.2 Å². The van der Waals surface area contributed by atoms with Crippen molar-refractivity contribution in [3.63, 3.8) is 0 Å². The van der Waals surface area contributed by atoms with Gasteiger partial charge < -0.3 is 9.67 Å². The number of rotatable bonds is 2. The van der Waals surface area contributed by atoms with E-state index in [1.54, 1.807) is 23.6 Å². The summed E-state index contributed by atoms with van der Waals surface area (Å²) in [6.07, 6.45) is 0. The Morgan fingerprint density at radius 1 is 1.00 bits per heavy atom. The van der Waals surface area contributed by atoms with Crippen LogP contribution in [-0.2, 0) is 7.05 Å². The fraction of sp³-hybridized carbons (Fsp3) is 0.100. The van der Waals surface area contributed by atoms with Gasteiger partial charge in [0.15, 0.2) is 0 Å². The number of benzene rings is 2. The molecule has 25 heavy (non-hydrogen) atoms. The minimum atomic E-state index is -0.988. The normalized spacial score (nSPS) is 11.3. The van der Waals surface area contributed by atoms with E-state index in [1.807, 2.05) is 37.4 Å². The number of para-hydroxylation sites is 1. The summed E-state index contributed by atoms with van der Waals surface area (Å²) in [4.78, 5) is 24.0. The molecule has 2 aromatic heterocycles. The molecule has 2 heterocycles. The third kappa shape index (κ3) is 2.16. The number of fused-ring (bicyclic) bond motifs is 3. The Morgan fingerprint density at radius 2 is 1.68 bits per heavy atom. The Morgan fingerprint density at radius 3 is 2.36 bits per heavy atom. The van der Waals surface area contributed by atoms with Gasteiger partial charge in [0.25, 0.3) is 5.56 Å². The summed E-state index contributed by atoms with van der Waals surface area (Å²) in [6.45, 7) is 1.79. The van der Waals surface area contributed by atoms with E-state index in [2.05, 4.69) is 4.57 Å². The molecule has 2 aromatic carbocycles. The first-order valence-electron chi connectivity index (χ1n) is 7.92. The maximum atomic E-state index is 12.9. The predicted molar refractivity (Wildman–Crippen MR) is 97.7 cm³/mol. The van der Waals surface area contributed by atoms with Gasteiger partial charge in [0.2, 0.25) is 0 Å². The smallest absolute Gasteiger partial charge is 0.335 e. The van der Waals surface area contributed by atoms with Gasteiger partial charge in [0, 0.05) is 23.7 Å². The van der Waals surface area contributed by atoms with Crippen LogP contribution in [0.15, 0.2) is 59.4 Å². The molecule has 0 spiro atoms. The van der Waals surface area contributed by atoms with Crippen LogP contribution in [0.2, 0.25) is 0 Å². The lowest BCUT2D eigenvalue weighted by Gasteiger charge is -2.11. The van der Waals surface area contributed by atoms with Gasteiger partial charge in [-0.25, -0.2) is 4.79 Å². The summed E-state index contributed by atoms with van der Waals surface area (Å²) in [5.74, 6) is -0.988. The molecule has 0 saturated heterocycles. The molecule has 0 radical (unpaired) electrons. The number of aryl methyl sites for hydroxylation is 2. The molecule has 0 aliphatic heterocycles. The number of carboxylic acid groups (broad SMARTS) is 1. The van der Waals surface area contributed by atoms with E-state index < -0.39 is 5.97 Å². The molecule has 0 unspecified atom stereocenters. The van der Waals surface area contributed by atoms with Crippen LogP contribution in [0.5, 0.6) is 0 Å². The van der Waals surface area contributed by atoms with Gasteiger partial charge in [0.05, 0.1) is 22.1 Å². The minimum Gasteiger partial charge on any atom is -0.478 e. The summed E-state index contributed by atoms with van der Waals surface area (Å²) >= 11 is 0. The minimum absolute atomic E-state index is 0.105. The first-order valence-corrected chi connectivity index (χ1v) is 7.92. The van der Waals surface area contributed by atoms with Crippen molar-refractivity contribution in [1.82, 2.24) is 9.13 Å². The second kappa shape index (κ2) is 5.34. The van der Waals surface area contributed by atoms with Gasteiger partial charge in [0.1, 0.15) is 0 Å². The Labute approximate surface area is 143 Å². The second-order valence-corrected chi connectivity index (χ2v) is 6.13. The zero-order valence-corrected chi connectivity index (χ0v) is 13.9. The average Bonchev–Trinajstić information content (AvgIpc) is 2.89. The number of aromatic nitrogens is 2. The second-order valence-electron chi connectivity index (χ2n) is 6.13. The largest absolute Gasteiger partial charge is 0.478 e. The molecule has 0 saturated carbocycles. The van der Waals surface area contributed by atoms with Crippen LogP contribution in [0.3, 0.4) is 0 Å². The topological polar surface area (TPSA) is 64.2 Å². The third-order valence-corrected chi connectivity index (χ3v) is 4.61. The summed E-state index contributed by atoms with van der Waals surface area (Å²) in [5.41, 5.74) is 4.21. The molecule has 4 rings (SSSR count). The van der Waals surface area contributed by atoms with Crippen molar-refractivity contribution >= 4 is 27.9 Å². The molecule has 1 N–H and O–H groups in total. The Hall–Kier alpha value is -3.34. The number of hydrogen-bond donors (Lipinski definition) is 1. The Kier molecular flexibility index (Phi) is 3.25. The SMILES string of the molecule is Cc1cc2c(c3ccccc3n2C)n(-c2ccc(C(=O)O)cc2)c1=O. The Bertz CT molecular complexity index is 1200. The molecule has 0 amide bonds. The zero-order chi connectivity index (χ0) is 17.7. The highest BCUT2D eigenvalue weighted by molar-refractivity contribution is 6.06. The number of carbonyl (C=O) groups is 1. The summed E-state index contributed by atoms with van der Waals surface area (Å²) in [6, 6.07) is 16.2. The van der Waals surface area contributed by atoms with E-state index in [0.717, 1.165) is 21.9 Å². The molecule has 0 fully saturated rings. The Balaban J connectivity index is 2.15. The van der Waals surface area contributed by atoms with Crippen LogP contribution in [0.4, 0.5) is 0 Å². The fourth-order valence-electron chi connectivity index (χ4n) is 3.34. The number of aromatic carboxylic acids is 1. The van der Waals surface area contributed by atoms with Crippen molar-refractivity contribution in [2.45, 2.75) is 6.92 Å². The van der Waals surface area contributed by atoms with Crippen molar-refractivity contribution in [1.29, 1.82) is 0 Å². The van der Waals surface area contributed by atoms with Crippen LogP contribution < -0.4 is 5.56 Å². The maximum Gasteiger partial charge on any atom is 0.335 e. The van der Waals surface area contributed by atoms with Crippen LogP contribution in [-0.4, -0.2) is 20.2 Å². The number of nitrogens with zero attached hydrogens (tertiary/aromatic N) is 2. The molecule has 4 aromatic rings. The van der Waals surface area contributed by atoms with Gasteiger partial charge in [-0.3, -0.25) is 9.36 Å². The van der Waals surface area contributed by atoms with E-state index in [4.69, 9.17) is 5.11 Å². The van der Waals surface area contributed by atoms with E-state index >= 15 is 0 Å². The van der Waals surface area contributed by atoms with Crippen molar-refractivity contribution in [2.75, 3.05) is 0 Å². The standard InChI is InChI=1S/C20H16N2O3/c1-12-11-17-18(15-5-3-4-6-16(15)21(17)2)22(19(12)23)14-9-7-13(8-10-14)20(24)25/h3-11H,1-2H3,(H,24,25). The number of hydrogen-bond acceptors (Lipinski definition) is 2. The highest BCUT2D eigenvalue weighted by atomic mass is 16.4. The molecular formula is C20H16N2O3. The summed E-state index contributed by atoms with van der Waals surface area (Å²) in [7, 11) is 1.98. The quantitative estimate of drug-likeness (QED) is 0.611. The van der Waals surface area contributed by atoms with Crippen molar-refractivity contribution in [3.8, 4) is 5.69 Å². The van der Waals surface area contributed by atoms with Crippen molar-refractivity contribution in [2.24, 2.45) is 7.05 Å². The van der Waals surface area contributed by atoms with Gasteiger partial charge >= 0.3 is 5.97 Å². The molecule has 0 bridgehead atoms. The lowest BCUT2D eigenvalue weighted by atomic mass is 10.1. The van der Waals surface area contributed by atoms with E-state index in [9.17, 15) is 9.59 Å². The molecular weight excluding hydrogens is 316 g/mol. The molecule has 5 heteroatoms. The summed E-state index contributed by atoms with van der Waals surface area (Å²) in [5, 5.41) is 10.1. The molecule has 124 valence electrons. The third-order valence-electron chi connectivity index (χ3n) is 4.61. The molecule has 5 nitrogen and oxygen atoms in total. The van der Waals surface area contributed by atoms with Crippen molar-refractivity contribution < 1.29 is 9.90 Å². The van der Waals surface area contributed by atoms with Crippen LogP contribution >= 0.6 is 0 Å². The first-order chi connectivity index (χ1) is 12.0. The molecule has 0 atom stereocenters. The number of pyridine rings is 1. The van der Waals surface area contributed by atoms with E-state index in [-0.39, 0.29) is 11.1 Å². The average molecular weight is 332 g/mol. The number of carboxylic acids is 1. The highest BCUT2D eigenvalue weighted by Crippen LogP contribution is 2.29.